The molecule has 0 bridgehead atoms. The zero-order chi connectivity index (χ0) is 19.2. The van der Waals surface area contributed by atoms with Gasteiger partial charge in [-0.25, -0.2) is 4.98 Å². The number of carbonyl (C=O) groups is 1. The van der Waals surface area contributed by atoms with Crippen molar-refractivity contribution in [2.75, 3.05) is 5.32 Å². The van der Waals surface area contributed by atoms with E-state index in [0.717, 1.165) is 11.1 Å². The Balaban J connectivity index is 1.59. The normalized spacial score (nSPS) is 12.0. The summed E-state index contributed by atoms with van der Waals surface area (Å²) in [5.74, 6) is -0.193. The minimum Gasteiger partial charge on any atom is -0.448 e. The molecule has 0 saturated carbocycles. The van der Waals surface area contributed by atoms with Gasteiger partial charge in [-0.2, -0.15) is 0 Å². The molecule has 27 heavy (non-hydrogen) atoms. The number of aromatic nitrogens is 3. The van der Waals surface area contributed by atoms with Crippen molar-refractivity contribution in [3.8, 4) is 0 Å². The summed E-state index contributed by atoms with van der Waals surface area (Å²) >= 11 is 0. The van der Waals surface area contributed by atoms with Crippen molar-refractivity contribution < 1.29 is 13.7 Å². The van der Waals surface area contributed by atoms with Crippen molar-refractivity contribution >= 4 is 33.9 Å². The van der Waals surface area contributed by atoms with Crippen LogP contribution in [0.15, 0.2) is 50.4 Å². The largest absolute Gasteiger partial charge is 0.448 e. The predicted octanol–water partition coefficient (Wildman–Crippen LogP) is 3.07. The molecule has 8 nitrogen and oxygen atoms in total. The molecule has 0 aliphatic carbocycles. The molecule has 0 radical (unpaired) electrons. The van der Waals surface area contributed by atoms with Gasteiger partial charge in [-0.05, 0) is 12.1 Å². The van der Waals surface area contributed by atoms with E-state index in [1.165, 1.54) is 10.9 Å². The van der Waals surface area contributed by atoms with Gasteiger partial charge in [-0.3, -0.25) is 19.5 Å². The number of carbonyl (C=O) groups excluding carboxylic acids is 1. The second-order valence-electron chi connectivity index (χ2n) is 7.33. The summed E-state index contributed by atoms with van der Waals surface area (Å²) in [6, 6.07) is 8.94. The van der Waals surface area contributed by atoms with Gasteiger partial charge in [-0.15, -0.1) is 0 Å². The Labute approximate surface area is 153 Å². The number of furan rings is 1. The number of hydrogen-bond acceptors (Lipinski definition) is 6. The molecule has 1 amide bonds. The fraction of sp³-hybridized carbons (Fsp3) is 0.263. The van der Waals surface area contributed by atoms with Crippen LogP contribution >= 0.6 is 0 Å². The molecule has 0 atom stereocenters. The van der Waals surface area contributed by atoms with Crippen LogP contribution in [0, 0.1) is 0 Å². The van der Waals surface area contributed by atoms with Crippen molar-refractivity contribution in [2.24, 2.45) is 0 Å². The van der Waals surface area contributed by atoms with Crippen molar-refractivity contribution in [1.29, 1.82) is 0 Å². The highest BCUT2D eigenvalue weighted by Gasteiger charge is 2.20. The lowest BCUT2D eigenvalue weighted by Gasteiger charge is -2.12. The zero-order valence-electron chi connectivity index (χ0n) is 15.1. The summed E-state index contributed by atoms with van der Waals surface area (Å²) < 4.78 is 11.9. The van der Waals surface area contributed by atoms with Crippen molar-refractivity contribution in [2.45, 2.75) is 32.7 Å². The highest BCUT2D eigenvalue weighted by molar-refractivity contribution is 6.01. The molecule has 0 aliphatic heterocycles. The van der Waals surface area contributed by atoms with Gasteiger partial charge in [0.2, 0.25) is 17.4 Å². The van der Waals surface area contributed by atoms with E-state index in [-0.39, 0.29) is 23.4 Å². The highest BCUT2D eigenvalue weighted by Crippen LogP contribution is 2.25. The maximum Gasteiger partial charge on any atom is 0.297 e. The first kappa shape index (κ1) is 17.0. The van der Waals surface area contributed by atoms with Crippen LogP contribution in [-0.4, -0.2) is 20.6 Å². The van der Waals surface area contributed by atoms with Crippen LogP contribution in [-0.2, 0) is 16.8 Å². The maximum atomic E-state index is 12.6. The summed E-state index contributed by atoms with van der Waals surface area (Å²) in [6.45, 7) is 5.75. The van der Waals surface area contributed by atoms with Crippen LogP contribution in [0.4, 0.5) is 5.88 Å². The first-order valence-electron chi connectivity index (χ1n) is 8.46. The molecule has 0 fully saturated rings. The molecule has 0 unspecified atom stereocenters. The molecule has 1 aromatic carbocycles. The Bertz CT molecular complexity index is 1210. The number of rotatable bonds is 3. The average Bonchev–Trinajstić information content (AvgIpc) is 3.22. The number of nitrogens with zero attached hydrogens (tertiary/aromatic N) is 3. The van der Waals surface area contributed by atoms with Gasteiger partial charge in [0.25, 0.3) is 5.56 Å². The van der Waals surface area contributed by atoms with Crippen molar-refractivity contribution in [3.05, 3.63) is 52.7 Å². The third-order valence-corrected chi connectivity index (χ3v) is 4.21. The molecule has 0 aliphatic rings. The number of nitrogens with one attached hydrogen (secondary N) is 1. The lowest BCUT2D eigenvalue weighted by atomic mass is 9.92. The lowest BCUT2D eigenvalue weighted by molar-refractivity contribution is -0.116. The highest BCUT2D eigenvalue weighted by atomic mass is 16.5. The number of benzene rings is 1. The smallest absolute Gasteiger partial charge is 0.297 e. The van der Waals surface area contributed by atoms with Crippen LogP contribution in [0.3, 0.4) is 0 Å². The number of para-hydroxylation sites is 1. The van der Waals surface area contributed by atoms with Crippen LogP contribution in [0.25, 0.3) is 22.1 Å². The molecule has 0 spiro atoms. The summed E-state index contributed by atoms with van der Waals surface area (Å²) in [5.41, 5.74) is 1.30. The molecule has 1 N–H and O–H groups in total. The monoisotopic (exact) mass is 366 g/mol. The first-order chi connectivity index (χ1) is 12.8. The Morgan fingerprint density at radius 1 is 1.26 bits per heavy atom. The van der Waals surface area contributed by atoms with E-state index in [2.05, 4.69) is 15.5 Å². The third-order valence-electron chi connectivity index (χ3n) is 4.21. The van der Waals surface area contributed by atoms with E-state index in [1.54, 1.807) is 12.1 Å². The fourth-order valence-corrected chi connectivity index (χ4v) is 2.75. The third kappa shape index (κ3) is 3.10. The molecule has 3 heterocycles. The fourth-order valence-electron chi connectivity index (χ4n) is 2.75. The molecular formula is C19H18N4O4. The Kier molecular flexibility index (Phi) is 3.83. The van der Waals surface area contributed by atoms with Gasteiger partial charge in [0, 0.05) is 16.9 Å². The lowest BCUT2D eigenvalue weighted by Crippen LogP contribution is -2.27. The standard InChI is InChI=1S/C19H18N4O4/c1-19(2,3)13-8-15(27-22-13)21-14(24)9-23-10-20-16-11-6-4-5-7-12(11)26-17(16)18(23)25/h4-8,10H,9H2,1-3H3,(H,21,24). The van der Waals surface area contributed by atoms with E-state index in [9.17, 15) is 9.59 Å². The SMILES string of the molecule is CC(C)(C)c1cc(NC(=O)Cn2cnc3c(oc4ccccc43)c2=O)on1. The topological polar surface area (TPSA) is 103 Å². The summed E-state index contributed by atoms with van der Waals surface area (Å²) in [6.07, 6.45) is 1.34. The van der Waals surface area contributed by atoms with Gasteiger partial charge in [0.1, 0.15) is 17.6 Å². The predicted molar refractivity (Wildman–Crippen MR) is 99.6 cm³/mol. The van der Waals surface area contributed by atoms with E-state index in [0.29, 0.717) is 11.1 Å². The van der Waals surface area contributed by atoms with Gasteiger partial charge in [-0.1, -0.05) is 38.1 Å². The average molecular weight is 366 g/mol. The maximum absolute atomic E-state index is 12.6. The second kappa shape index (κ2) is 6.08. The number of amides is 1. The first-order valence-corrected chi connectivity index (χ1v) is 8.46. The summed E-state index contributed by atoms with van der Waals surface area (Å²) in [5, 5.41) is 7.30. The second-order valence-corrected chi connectivity index (χ2v) is 7.33. The van der Waals surface area contributed by atoms with E-state index < -0.39 is 11.5 Å². The van der Waals surface area contributed by atoms with Gasteiger partial charge >= 0.3 is 0 Å². The number of anilines is 1. The Hall–Kier alpha value is -3.42. The Morgan fingerprint density at radius 2 is 2.04 bits per heavy atom. The molecule has 8 heteroatoms. The van der Waals surface area contributed by atoms with Crippen LogP contribution in [0.2, 0.25) is 0 Å². The van der Waals surface area contributed by atoms with Crippen molar-refractivity contribution in [1.82, 2.24) is 14.7 Å². The minimum atomic E-state index is -0.425. The molecular weight excluding hydrogens is 348 g/mol. The molecule has 3 aromatic heterocycles. The molecule has 138 valence electrons. The number of hydrogen-bond donors (Lipinski definition) is 1. The van der Waals surface area contributed by atoms with Crippen LogP contribution in [0.5, 0.6) is 0 Å². The van der Waals surface area contributed by atoms with Gasteiger partial charge < -0.3 is 8.94 Å². The minimum absolute atomic E-state index is 0.126. The Morgan fingerprint density at radius 3 is 2.78 bits per heavy atom. The van der Waals surface area contributed by atoms with Crippen LogP contribution in [0.1, 0.15) is 26.5 Å². The molecule has 4 aromatic rings. The molecule has 4 rings (SSSR count). The van der Waals surface area contributed by atoms with Crippen molar-refractivity contribution in [3.63, 3.8) is 0 Å². The van der Waals surface area contributed by atoms with E-state index in [4.69, 9.17) is 8.94 Å². The van der Waals surface area contributed by atoms with Gasteiger partial charge in [0.15, 0.2) is 0 Å². The number of fused-ring (bicyclic) bond motifs is 3. The quantitative estimate of drug-likeness (QED) is 0.598. The van der Waals surface area contributed by atoms with E-state index >= 15 is 0 Å². The zero-order valence-corrected chi connectivity index (χ0v) is 15.1. The summed E-state index contributed by atoms with van der Waals surface area (Å²) in [7, 11) is 0. The van der Waals surface area contributed by atoms with Gasteiger partial charge in [0.05, 0.1) is 12.0 Å². The molecule has 0 saturated heterocycles. The van der Waals surface area contributed by atoms with E-state index in [1.807, 2.05) is 39.0 Å². The summed E-state index contributed by atoms with van der Waals surface area (Å²) in [4.78, 5) is 29.2. The van der Waals surface area contributed by atoms with Crippen LogP contribution < -0.4 is 10.9 Å².